The number of carbonyl (C=O) groups is 1. The Bertz CT molecular complexity index is 102. The molecule has 1 atom stereocenters. The van der Waals surface area contributed by atoms with Gasteiger partial charge < -0.3 is 10.8 Å². The molecule has 0 fully saturated rings. The molecule has 0 rings (SSSR count). The maximum Gasteiger partial charge on any atom is 0.303 e. The highest BCUT2D eigenvalue weighted by molar-refractivity contribution is 5.85. The summed E-state index contributed by atoms with van der Waals surface area (Å²) < 4.78 is 11.5. The third-order valence-electron chi connectivity index (χ3n) is 0.927. The largest absolute Gasteiger partial charge is 0.481 e. The van der Waals surface area contributed by atoms with Crippen LogP contribution in [0.3, 0.4) is 0 Å². The minimum absolute atomic E-state index is 0. The molecule has 0 amide bonds. The monoisotopic (exact) mass is 171 g/mol. The van der Waals surface area contributed by atoms with Crippen molar-refractivity contribution in [2.45, 2.75) is 18.9 Å². The van der Waals surface area contributed by atoms with Crippen LogP contribution in [0.1, 0.15) is 12.8 Å². The van der Waals surface area contributed by atoms with Gasteiger partial charge in [0.25, 0.3) is 0 Å². The number of carboxylic acids is 1. The Morgan fingerprint density at radius 2 is 2.20 bits per heavy atom. The fourth-order valence-electron chi connectivity index (χ4n) is 0.386. The number of aliphatic carboxylic acids is 1. The van der Waals surface area contributed by atoms with Crippen LogP contribution >= 0.6 is 12.4 Å². The van der Waals surface area contributed by atoms with Gasteiger partial charge in [0.15, 0.2) is 0 Å². The predicted octanol–water partition coefficient (Wildman–Crippen LogP) is 0.570. The molecule has 0 spiro atoms. The van der Waals surface area contributed by atoms with E-state index in [-0.39, 0.29) is 25.2 Å². The van der Waals surface area contributed by atoms with Crippen molar-refractivity contribution < 1.29 is 14.3 Å². The van der Waals surface area contributed by atoms with E-state index in [0.29, 0.717) is 0 Å². The first kappa shape index (κ1) is 12.3. The molecule has 0 aliphatic rings. The highest BCUT2D eigenvalue weighted by Gasteiger charge is 2.03. The fourth-order valence-corrected chi connectivity index (χ4v) is 0.386. The lowest BCUT2D eigenvalue weighted by molar-refractivity contribution is -0.137. The van der Waals surface area contributed by atoms with Gasteiger partial charge >= 0.3 is 5.97 Å². The molecule has 0 aromatic heterocycles. The van der Waals surface area contributed by atoms with Crippen molar-refractivity contribution in [3.8, 4) is 0 Å². The van der Waals surface area contributed by atoms with Gasteiger partial charge in [0, 0.05) is 12.5 Å². The van der Waals surface area contributed by atoms with Crippen molar-refractivity contribution in [2.75, 3.05) is 6.67 Å². The molecule has 10 heavy (non-hydrogen) atoms. The summed E-state index contributed by atoms with van der Waals surface area (Å²) in [4.78, 5) is 9.84. The average molecular weight is 172 g/mol. The van der Waals surface area contributed by atoms with Crippen LogP contribution in [-0.4, -0.2) is 23.8 Å². The first-order chi connectivity index (χ1) is 4.16. The summed E-state index contributed by atoms with van der Waals surface area (Å²) in [5.74, 6) is -0.932. The van der Waals surface area contributed by atoms with Crippen LogP contribution < -0.4 is 5.73 Å². The Hall–Kier alpha value is -0.350. The molecule has 0 aliphatic heterocycles. The molecule has 0 aromatic carbocycles. The molecular formula is C5H11ClFNO2. The number of hydrogen-bond donors (Lipinski definition) is 2. The molecule has 0 aliphatic carbocycles. The smallest absolute Gasteiger partial charge is 0.303 e. The SMILES string of the molecule is Cl.N[C@H](CF)CCC(=O)O. The van der Waals surface area contributed by atoms with E-state index in [0.717, 1.165) is 0 Å². The summed E-state index contributed by atoms with van der Waals surface area (Å²) in [6.07, 6.45) is 0.164. The lowest BCUT2D eigenvalue weighted by Crippen LogP contribution is -2.22. The molecule has 0 bridgehead atoms. The van der Waals surface area contributed by atoms with Crippen molar-refractivity contribution in [1.29, 1.82) is 0 Å². The van der Waals surface area contributed by atoms with Crippen molar-refractivity contribution in [3.05, 3.63) is 0 Å². The summed E-state index contributed by atoms with van der Waals surface area (Å²) in [6, 6.07) is -0.610. The number of rotatable bonds is 4. The van der Waals surface area contributed by atoms with Crippen LogP contribution in [0.15, 0.2) is 0 Å². The first-order valence-corrected chi connectivity index (χ1v) is 2.70. The van der Waals surface area contributed by atoms with Crippen molar-refractivity contribution >= 4 is 18.4 Å². The normalized spacial score (nSPS) is 11.8. The molecule has 62 valence electrons. The van der Waals surface area contributed by atoms with Gasteiger partial charge in [-0.05, 0) is 6.42 Å². The molecule has 0 saturated carbocycles. The Kier molecular flexibility index (Phi) is 8.35. The number of carboxylic acid groups (broad SMARTS) is 1. The number of halogens is 2. The van der Waals surface area contributed by atoms with Crippen LogP contribution in [0.5, 0.6) is 0 Å². The molecule has 0 saturated heterocycles. The Morgan fingerprint density at radius 1 is 1.70 bits per heavy atom. The van der Waals surface area contributed by atoms with Crippen molar-refractivity contribution in [1.82, 2.24) is 0 Å². The van der Waals surface area contributed by atoms with E-state index in [1.807, 2.05) is 0 Å². The minimum atomic E-state index is -0.932. The van der Waals surface area contributed by atoms with Crippen LogP contribution in [0.2, 0.25) is 0 Å². The summed E-state index contributed by atoms with van der Waals surface area (Å²) in [5, 5.41) is 8.08. The van der Waals surface area contributed by atoms with Gasteiger partial charge in [0.2, 0.25) is 0 Å². The van der Waals surface area contributed by atoms with Crippen molar-refractivity contribution in [2.24, 2.45) is 5.73 Å². The van der Waals surface area contributed by atoms with Gasteiger partial charge in [-0.3, -0.25) is 4.79 Å². The maximum absolute atomic E-state index is 11.5. The third-order valence-corrected chi connectivity index (χ3v) is 0.927. The molecular weight excluding hydrogens is 161 g/mol. The van der Waals surface area contributed by atoms with Gasteiger partial charge in [-0.1, -0.05) is 0 Å². The maximum atomic E-state index is 11.5. The summed E-state index contributed by atoms with van der Waals surface area (Å²) in [6.45, 7) is -0.646. The van der Waals surface area contributed by atoms with E-state index in [9.17, 15) is 9.18 Å². The molecule has 0 radical (unpaired) electrons. The van der Waals surface area contributed by atoms with E-state index in [1.165, 1.54) is 0 Å². The summed E-state index contributed by atoms with van der Waals surface area (Å²) in [7, 11) is 0. The highest BCUT2D eigenvalue weighted by Crippen LogP contribution is 1.93. The Labute approximate surface area is 64.8 Å². The first-order valence-electron chi connectivity index (χ1n) is 2.70. The Morgan fingerprint density at radius 3 is 2.50 bits per heavy atom. The van der Waals surface area contributed by atoms with Gasteiger partial charge in [-0.25, -0.2) is 4.39 Å². The molecule has 3 nitrogen and oxygen atoms in total. The average Bonchev–Trinajstić information content (AvgIpc) is 1.83. The molecule has 3 N–H and O–H groups in total. The number of alkyl halides is 1. The van der Waals surface area contributed by atoms with Gasteiger partial charge in [-0.2, -0.15) is 0 Å². The number of hydrogen-bond acceptors (Lipinski definition) is 2. The lowest BCUT2D eigenvalue weighted by atomic mass is 10.2. The third kappa shape index (κ3) is 7.65. The second-order valence-corrected chi connectivity index (χ2v) is 1.85. The molecule has 0 unspecified atom stereocenters. The second kappa shape index (κ2) is 6.77. The highest BCUT2D eigenvalue weighted by atomic mass is 35.5. The fraction of sp³-hybridized carbons (Fsp3) is 0.800. The van der Waals surface area contributed by atoms with E-state index in [4.69, 9.17) is 10.8 Å². The number of nitrogens with two attached hydrogens (primary N) is 1. The second-order valence-electron chi connectivity index (χ2n) is 1.85. The summed E-state index contributed by atoms with van der Waals surface area (Å²) in [5.41, 5.74) is 5.08. The van der Waals surface area contributed by atoms with Gasteiger partial charge in [-0.15, -0.1) is 12.4 Å². The zero-order chi connectivity index (χ0) is 7.28. The summed E-state index contributed by atoms with van der Waals surface area (Å²) >= 11 is 0. The van der Waals surface area contributed by atoms with Crippen LogP contribution in [0.25, 0.3) is 0 Å². The van der Waals surface area contributed by atoms with Crippen LogP contribution in [0, 0.1) is 0 Å². The lowest BCUT2D eigenvalue weighted by Gasteiger charge is -2.01. The van der Waals surface area contributed by atoms with Crippen LogP contribution in [-0.2, 0) is 4.79 Å². The van der Waals surface area contributed by atoms with E-state index >= 15 is 0 Å². The van der Waals surface area contributed by atoms with E-state index < -0.39 is 18.7 Å². The van der Waals surface area contributed by atoms with E-state index in [2.05, 4.69) is 0 Å². The zero-order valence-corrected chi connectivity index (χ0v) is 6.23. The van der Waals surface area contributed by atoms with E-state index in [1.54, 1.807) is 0 Å². The zero-order valence-electron chi connectivity index (χ0n) is 5.42. The molecule has 0 heterocycles. The van der Waals surface area contributed by atoms with Crippen molar-refractivity contribution in [3.63, 3.8) is 0 Å². The Balaban J connectivity index is 0. The minimum Gasteiger partial charge on any atom is -0.481 e. The molecule has 0 aromatic rings. The van der Waals surface area contributed by atoms with Gasteiger partial charge in [0.05, 0.1) is 0 Å². The molecule has 5 heteroatoms. The quantitative estimate of drug-likeness (QED) is 0.650. The predicted molar refractivity (Wildman–Crippen MR) is 38.1 cm³/mol. The van der Waals surface area contributed by atoms with Gasteiger partial charge in [0.1, 0.15) is 6.67 Å². The topological polar surface area (TPSA) is 63.3 Å². The van der Waals surface area contributed by atoms with Crippen LogP contribution in [0.4, 0.5) is 4.39 Å². The standard InChI is InChI=1S/C5H10FNO2.ClH/c6-3-4(7)1-2-5(8)9;/h4H,1-3,7H2,(H,8,9);1H/t4-;/m0./s1.